The Morgan fingerprint density at radius 2 is 2.00 bits per heavy atom. The van der Waals surface area contributed by atoms with Crippen LogP contribution in [0.25, 0.3) is 0 Å². The molecule has 16 heavy (non-hydrogen) atoms. The SMILES string of the molecule is CC(N)CCCOc1cccc(C(C)C)c1. The quantitative estimate of drug-likeness (QED) is 0.748. The number of hydrogen-bond acceptors (Lipinski definition) is 2. The summed E-state index contributed by atoms with van der Waals surface area (Å²) in [5.41, 5.74) is 7.00. The second-order valence-corrected chi connectivity index (χ2v) is 4.70. The Hall–Kier alpha value is -1.02. The Balaban J connectivity index is 2.39. The van der Waals surface area contributed by atoms with Crippen molar-refractivity contribution in [3.05, 3.63) is 29.8 Å². The van der Waals surface area contributed by atoms with E-state index in [0.717, 1.165) is 25.2 Å². The van der Waals surface area contributed by atoms with Crippen LogP contribution in [0.15, 0.2) is 24.3 Å². The van der Waals surface area contributed by atoms with Gasteiger partial charge >= 0.3 is 0 Å². The molecule has 0 saturated heterocycles. The van der Waals surface area contributed by atoms with Gasteiger partial charge in [0.05, 0.1) is 6.61 Å². The molecular formula is C14H23NO. The van der Waals surface area contributed by atoms with E-state index < -0.39 is 0 Å². The van der Waals surface area contributed by atoms with Crippen molar-refractivity contribution in [3.63, 3.8) is 0 Å². The fraction of sp³-hybridized carbons (Fsp3) is 0.571. The first-order valence-electron chi connectivity index (χ1n) is 6.08. The third-order valence-corrected chi connectivity index (χ3v) is 2.60. The summed E-state index contributed by atoms with van der Waals surface area (Å²) >= 11 is 0. The number of ether oxygens (including phenoxy) is 1. The summed E-state index contributed by atoms with van der Waals surface area (Å²) in [6.07, 6.45) is 2.04. The Labute approximate surface area is 98.8 Å². The maximum absolute atomic E-state index is 5.69. The van der Waals surface area contributed by atoms with Crippen molar-refractivity contribution in [2.24, 2.45) is 5.73 Å². The molecule has 0 aliphatic heterocycles. The second-order valence-electron chi connectivity index (χ2n) is 4.70. The molecule has 0 saturated carbocycles. The summed E-state index contributed by atoms with van der Waals surface area (Å²) in [5.74, 6) is 1.52. The van der Waals surface area contributed by atoms with Gasteiger partial charge in [-0.25, -0.2) is 0 Å². The van der Waals surface area contributed by atoms with E-state index >= 15 is 0 Å². The highest BCUT2D eigenvalue weighted by atomic mass is 16.5. The van der Waals surface area contributed by atoms with Crippen molar-refractivity contribution in [1.82, 2.24) is 0 Å². The van der Waals surface area contributed by atoms with Gasteiger partial charge < -0.3 is 10.5 Å². The monoisotopic (exact) mass is 221 g/mol. The summed E-state index contributed by atoms with van der Waals surface area (Å²) in [7, 11) is 0. The Morgan fingerprint density at radius 3 is 2.62 bits per heavy atom. The molecular weight excluding hydrogens is 198 g/mol. The molecule has 2 nitrogen and oxygen atoms in total. The van der Waals surface area contributed by atoms with Gasteiger partial charge in [0, 0.05) is 6.04 Å². The smallest absolute Gasteiger partial charge is 0.119 e. The van der Waals surface area contributed by atoms with E-state index in [1.807, 2.05) is 13.0 Å². The second kappa shape index (κ2) is 6.54. The van der Waals surface area contributed by atoms with Crippen LogP contribution in [0.5, 0.6) is 5.75 Å². The average molecular weight is 221 g/mol. The van der Waals surface area contributed by atoms with Crippen LogP contribution in [0.4, 0.5) is 0 Å². The lowest BCUT2D eigenvalue weighted by molar-refractivity contribution is 0.302. The minimum Gasteiger partial charge on any atom is -0.494 e. The fourth-order valence-corrected chi connectivity index (χ4v) is 1.56. The van der Waals surface area contributed by atoms with Crippen molar-refractivity contribution >= 4 is 0 Å². The van der Waals surface area contributed by atoms with Crippen LogP contribution < -0.4 is 10.5 Å². The van der Waals surface area contributed by atoms with E-state index in [2.05, 4.69) is 32.0 Å². The molecule has 2 heteroatoms. The fourth-order valence-electron chi connectivity index (χ4n) is 1.56. The van der Waals surface area contributed by atoms with Gasteiger partial charge in [-0.15, -0.1) is 0 Å². The van der Waals surface area contributed by atoms with Gasteiger partial charge in [-0.1, -0.05) is 26.0 Å². The van der Waals surface area contributed by atoms with Crippen LogP contribution >= 0.6 is 0 Å². The predicted octanol–water partition coefficient (Wildman–Crippen LogP) is 3.32. The normalized spacial score (nSPS) is 12.8. The van der Waals surface area contributed by atoms with Crippen molar-refractivity contribution in [3.8, 4) is 5.75 Å². The standard InChI is InChI=1S/C14H23NO/c1-11(2)13-7-4-8-14(10-13)16-9-5-6-12(3)15/h4,7-8,10-12H,5-6,9,15H2,1-3H3. The van der Waals surface area contributed by atoms with Gasteiger partial charge in [-0.05, 0) is 43.4 Å². The molecule has 90 valence electrons. The Kier molecular flexibility index (Phi) is 5.33. The first-order valence-corrected chi connectivity index (χ1v) is 6.08. The molecule has 1 rings (SSSR count). The zero-order valence-electron chi connectivity index (χ0n) is 10.6. The van der Waals surface area contributed by atoms with Crippen LogP contribution in [-0.4, -0.2) is 12.6 Å². The zero-order valence-corrected chi connectivity index (χ0v) is 10.6. The third-order valence-electron chi connectivity index (χ3n) is 2.60. The maximum atomic E-state index is 5.69. The molecule has 0 spiro atoms. The van der Waals surface area contributed by atoms with Crippen molar-refractivity contribution in [2.75, 3.05) is 6.61 Å². The summed E-state index contributed by atoms with van der Waals surface area (Å²) < 4.78 is 5.69. The summed E-state index contributed by atoms with van der Waals surface area (Å²) in [6.45, 7) is 7.16. The molecule has 1 atom stereocenters. The molecule has 1 aromatic carbocycles. The number of hydrogen-bond donors (Lipinski definition) is 1. The van der Waals surface area contributed by atoms with Crippen molar-refractivity contribution in [1.29, 1.82) is 0 Å². The number of benzene rings is 1. The van der Waals surface area contributed by atoms with Gasteiger partial charge in [0.15, 0.2) is 0 Å². The van der Waals surface area contributed by atoms with Crippen LogP contribution in [0.3, 0.4) is 0 Å². The molecule has 0 aliphatic carbocycles. The lowest BCUT2D eigenvalue weighted by atomic mass is 10.0. The molecule has 0 aliphatic rings. The summed E-state index contributed by atoms with van der Waals surface area (Å²) in [6, 6.07) is 8.59. The predicted molar refractivity (Wildman–Crippen MR) is 68.9 cm³/mol. The van der Waals surface area contributed by atoms with E-state index in [1.165, 1.54) is 5.56 Å². The van der Waals surface area contributed by atoms with Crippen LogP contribution in [0, 0.1) is 0 Å². The largest absolute Gasteiger partial charge is 0.494 e. The average Bonchev–Trinajstić information content (AvgIpc) is 2.24. The van der Waals surface area contributed by atoms with E-state index in [9.17, 15) is 0 Å². The summed E-state index contributed by atoms with van der Waals surface area (Å²) in [5, 5.41) is 0. The molecule has 2 N–H and O–H groups in total. The molecule has 0 bridgehead atoms. The Morgan fingerprint density at radius 1 is 1.25 bits per heavy atom. The molecule has 1 aromatic rings. The van der Waals surface area contributed by atoms with Crippen LogP contribution in [0.1, 0.15) is 45.1 Å². The first kappa shape index (κ1) is 13.0. The first-order chi connectivity index (χ1) is 7.59. The van der Waals surface area contributed by atoms with Crippen LogP contribution in [0.2, 0.25) is 0 Å². The van der Waals surface area contributed by atoms with Gasteiger partial charge in [0.1, 0.15) is 5.75 Å². The zero-order chi connectivity index (χ0) is 12.0. The minimum atomic E-state index is 0.269. The molecule has 0 radical (unpaired) electrons. The highest BCUT2D eigenvalue weighted by Gasteiger charge is 2.01. The highest BCUT2D eigenvalue weighted by Crippen LogP contribution is 2.20. The van der Waals surface area contributed by atoms with E-state index in [0.29, 0.717) is 5.92 Å². The number of rotatable bonds is 6. The third kappa shape index (κ3) is 4.67. The Bertz CT molecular complexity index is 307. The molecule has 0 aromatic heterocycles. The van der Waals surface area contributed by atoms with E-state index in [-0.39, 0.29) is 6.04 Å². The summed E-state index contributed by atoms with van der Waals surface area (Å²) in [4.78, 5) is 0. The van der Waals surface area contributed by atoms with Crippen molar-refractivity contribution in [2.45, 2.75) is 45.6 Å². The molecule has 0 amide bonds. The van der Waals surface area contributed by atoms with Crippen LogP contribution in [-0.2, 0) is 0 Å². The minimum absolute atomic E-state index is 0.269. The van der Waals surface area contributed by atoms with Gasteiger partial charge in [0.2, 0.25) is 0 Å². The van der Waals surface area contributed by atoms with Gasteiger partial charge in [0.25, 0.3) is 0 Å². The van der Waals surface area contributed by atoms with E-state index in [4.69, 9.17) is 10.5 Å². The van der Waals surface area contributed by atoms with Gasteiger partial charge in [-0.2, -0.15) is 0 Å². The maximum Gasteiger partial charge on any atom is 0.119 e. The lowest BCUT2D eigenvalue weighted by Gasteiger charge is -2.10. The molecule has 0 fully saturated rings. The van der Waals surface area contributed by atoms with E-state index in [1.54, 1.807) is 0 Å². The van der Waals surface area contributed by atoms with Gasteiger partial charge in [-0.3, -0.25) is 0 Å². The molecule has 1 unspecified atom stereocenters. The highest BCUT2D eigenvalue weighted by molar-refractivity contribution is 5.30. The number of nitrogens with two attached hydrogens (primary N) is 1. The van der Waals surface area contributed by atoms with Crippen molar-refractivity contribution < 1.29 is 4.74 Å². The lowest BCUT2D eigenvalue weighted by Crippen LogP contribution is -2.15. The topological polar surface area (TPSA) is 35.2 Å². The molecule has 0 heterocycles.